The molecule has 4 nitrogen and oxygen atoms in total. The molecular formula is C16H21ClN2O2. The standard InChI is InChI=1S/C16H20N2O2.ClH/c1-9(2)14-15-11(8-13(18-14)16(19)20-3)10-6-4-5-7-12(10)17-15;/h4-7,9,13-14,17-18H,8H2,1-3H3;1H/t13-,14-;/m0./s1. The monoisotopic (exact) mass is 308 g/mol. The maximum Gasteiger partial charge on any atom is 0.323 e. The fourth-order valence-corrected chi connectivity index (χ4v) is 3.09. The first-order valence-electron chi connectivity index (χ1n) is 7.05. The molecule has 1 aromatic carbocycles. The molecule has 0 aliphatic carbocycles. The number of nitrogens with one attached hydrogen (secondary N) is 2. The number of rotatable bonds is 2. The van der Waals surface area contributed by atoms with Gasteiger partial charge in [0.25, 0.3) is 0 Å². The fourth-order valence-electron chi connectivity index (χ4n) is 3.09. The number of ether oxygens (including phenoxy) is 1. The Morgan fingerprint density at radius 1 is 1.33 bits per heavy atom. The van der Waals surface area contributed by atoms with E-state index in [4.69, 9.17) is 4.74 Å². The van der Waals surface area contributed by atoms with Gasteiger partial charge in [-0.05, 0) is 17.5 Å². The van der Waals surface area contributed by atoms with E-state index in [1.54, 1.807) is 0 Å². The first kappa shape index (κ1) is 15.9. The maximum atomic E-state index is 11.9. The van der Waals surface area contributed by atoms with Gasteiger partial charge in [-0.25, -0.2) is 0 Å². The Kier molecular flexibility index (Phi) is 4.59. The van der Waals surface area contributed by atoms with Crippen LogP contribution in [0.15, 0.2) is 24.3 Å². The summed E-state index contributed by atoms with van der Waals surface area (Å²) in [6, 6.07) is 8.14. The Morgan fingerprint density at radius 2 is 2.05 bits per heavy atom. The van der Waals surface area contributed by atoms with E-state index in [-0.39, 0.29) is 30.5 Å². The molecular weight excluding hydrogens is 288 g/mol. The molecule has 21 heavy (non-hydrogen) atoms. The minimum Gasteiger partial charge on any atom is -0.468 e. The second-order valence-corrected chi connectivity index (χ2v) is 5.73. The summed E-state index contributed by atoms with van der Waals surface area (Å²) in [5.74, 6) is 0.209. The van der Waals surface area contributed by atoms with E-state index in [1.807, 2.05) is 12.1 Å². The van der Waals surface area contributed by atoms with Crippen LogP contribution in [0.2, 0.25) is 0 Å². The van der Waals surface area contributed by atoms with Crippen molar-refractivity contribution in [2.75, 3.05) is 7.11 Å². The number of carbonyl (C=O) groups is 1. The third-order valence-corrected chi connectivity index (χ3v) is 4.10. The molecule has 2 aromatic rings. The SMILES string of the molecule is COC(=O)[C@@H]1Cc2c([nH]c3ccccc23)[C@H](C(C)C)N1.Cl. The highest BCUT2D eigenvalue weighted by Gasteiger charge is 2.34. The maximum absolute atomic E-state index is 11.9. The first-order valence-corrected chi connectivity index (χ1v) is 7.05. The number of hydrogen-bond donors (Lipinski definition) is 2. The van der Waals surface area contributed by atoms with Gasteiger partial charge in [-0.1, -0.05) is 32.0 Å². The molecule has 0 saturated heterocycles. The highest BCUT2D eigenvalue weighted by Crippen LogP contribution is 2.35. The number of methoxy groups -OCH3 is 1. The second-order valence-electron chi connectivity index (χ2n) is 5.73. The number of benzene rings is 1. The number of fused-ring (bicyclic) bond motifs is 3. The normalized spacial score (nSPS) is 21.0. The van der Waals surface area contributed by atoms with Crippen LogP contribution in [-0.2, 0) is 16.0 Å². The molecule has 114 valence electrons. The summed E-state index contributed by atoms with van der Waals surface area (Å²) in [4.78, 5) is 15.4. The Labute approximate surface area is 130 Å². The van der Waals surface area contributed by atoms with Crippen LogP contribution in [-0.4, -0.2) is 24.1 Å². The summed E-state index contributed by atoms with van der Waals surface area (Å²) in [5, 5.41) is 4.63. The summed E-state index contributed by atoms with van der Waals surface area (Å²) in [6.45, 7) is 4.32. The van der Waals surface area contributed by atoms with E-state index in [0.717, 1.165) is 5.52 Å². The lowest BCUT2D eigenvalue weighted by Gasteiger charge is -2.32. The van der Waals surface area contributed by atoms with Crippen LogP contribution in [0.1, 0.15) is 31.1 Å². The molecule has 5 heteroatoms. The molecule has 0 amide bonds. The van der Waals surface area contributed by atoms with Gasteiger partial charge in [-0.15, -0.1) is 12.4 Å². The largest absolute Gasteiger partial charge is 0.468 e. The van der Waals surface area contributed by atoms with E-state index in [0.29, 0.717) is 12.3 Å². The van der Waals surface area contributed by atoms with Crippen molar-refractivity contribution in [2.45, 2.75) is 32.4 Å². The number of H-pyrrole nitrogens is 1. The van der Waals surface area contributed by atoms with Crippen LogP contribution >= 0.6 is 12.4 Å². The summed E-state index contributed by atoms with van der Waals surface area (Å²) >= 11 is 0. The third kappa shape index (κ3) is 2.65. The average Bonchev–Trinajstić information content (AvgIpc) is 2.83. The Hall–Kier alpha value is -1.52. The van der Waals surface area contributed by atoms with Crippen LogP contribution in [0.4, 0.5) is 0 Å². The lowest BCUT2D eigenvalue weighted by Crippen LogP contribution is -2.46. The van der Waals surface area contributed by atoms with Crippen molar-refractivity contribution >= 4 is 29.3 Å². The second kappa shape index (κ2) is 6.08. The summed E-state index contributed by atoms with van der Waals surface area (Å²) < 4.78 is 4.91. The van der Waals surface area contributed by atoms with Gasteiger partial charge in [0.1, 0.15) is 6.04 Å². The zero-order chi connectivity index (χ0) is 14.3. The molecule has 0 bridgehead atoms. The van der Waals surface area contributed by atoms with Gasteiger partial charge >= 0.3 is 5.97 Å². The predicted octanol–water partition coefficient (Wildman–Crippen LogP) is 2.97. The number of halogens is 1. The van der Waals surface area contributed by atoms with E-state index in [2.05, 4.69) is 36.3 Å². The van der Waals surface area contributed by atoms with Crippen molar-refractivity contribution in [3.05, 3.63) is 35.5 Å². The van der Waals surface area contributed by atoms with E-state index < -0.39 is 0 Å². The van der Waals surface area contributed by atoms with Gasteiger partial charge in [0.05, 0.1) is 13.2 Å². The lowest BCUT2D eigenvalue weighted by atomic mass is 9.89. The molecule has 0 fully saturated rings. The van der Waals surface area contributed by atoms with Crippen LogP contribution < -0.4 is 5.32 Å². The third-order valence-electron chi connectivity index (χ3n) is 4.10. The molecule has 2 N–H and O–H groups in total. The summed E-state index contributed by atoms with van der Waals surface area (Å²) in [7, 11) is 1.44. The number of hydrogen-bond acceptors (Lipinski definition) is 3. The Bertz CT molecular complexity index is 651. The first-order chi connectivity index (χ1) is 9.61. The van der Waals surface area contributed by atoms with Crippen LogP contribution in [0.5, 0.6) is 0 Å². The molecule has 1 aliphatic heterocycles. The topological polar surface area (TPSA) is 54.1 Å². The zero-order valence-corrected chi connectivity index (χ0v) is 13.3. The minimum atomic E-state index is -0.265. The van der Waals surface area contributed by atoms with Crippen LogP contribution in [0.3, 0.4) is 0 Å². The summed E-state index contributed by atoms with van der Waals surface area (Å²) in [6.07, 6.45) is 0.676. The molecule has 0 radical (unpaired) electrons. The average molecular weight is 309 g/mol. The van der Waals surface area contributed by atoms with E-state index >= 15 is 0 Å². The van der Waals surface area contributed by atoms with Crippen molar-refractivity contribution in [3.63, 3.8) is 0 Å². The van der Waals surface area contributed by atoms with Crippen LogP contribution in [0.25, 0.3) is 10.9 Å². The van der Waals surface area contributed by atoms with Gasteiger partial charge < -0.3 is 9.72 Å². The number of carbonyl (C=O) groups excluding carboxylic acids is 1. The molecule has 0 saturated carbocycles. The van der Waals surface area contributed by atoms with Crippen molar-refractivity contribution in [3.8, 4) is 0 Å². The molecule has 3 rings (SSSR count). The highest BCUT2D eigenvalue weighted by molar-refractivity contribution is 5.87. The van der Waals surface area contributed by atoms with E-state index in [9.17, 15) is 4.79 Å². The predicted molar refractivity (Wildman–Crippen MR) is 85.8 cm³/mol. The molecule has 2 heterocycles. The Balaban J connectivity index is 0.00000161. The fraction of sp³-hybridized carbons (Fsp3) is 0.438. The quantitative estimate of drug-likeness (QED) is 0.839. The minimum absolute atomic E-state index is 0. The van der Waals surface area contributed by atoms with Crippen molar-refractivity contribution in [1.82, 2.24) is 10.3 Å². The smallest absolute Gasteiger partial charge is 0.323 e. The lowest BCUT2D eigenvalue weighted by molar-refractivity contribution is -0.143. The van der Waals surface area contributed by atoms with Gasteiger partial charge in [0, 0.05) is 23.0 Å². The number of esters is 1. The Morgan fingerprint density at radius 3 is 2.71 bits per heavy atom. The van der Waals surface area contributed by atoms with Gasteiger partial charge in [-0.2, -0.15) is 0 Å². The number of aromatic nitrogens is 1. The number of para-hydroxylation sites is 1. The number of aromatic amines is 1. The molecule has 1 aliphatic rings. The van der Waals surface area contributed by atoms with E-state index in [1.165, 1.54) is 23.8 Å². The van der Waals surface area contributed by atoms with Crippen molar-refractivity contribution < 1.29 is 9.53 Å². The van der Waals surface area contributed by atoms with Gasteiger partial charge in [0.2, 0.25) is 0 Å². The molecule has 0 spiro atoms. The summed E-state index contributed by atoms with van der Waals surface area (Å²) in [5.41, 5.74) is 3.59. The van der Waals surface area contributed by atoms with Gasteiger partial charge in [-0.3, -0.25) is 10.1 Å². The molecule has 2 atom stereocenters. The molecule has 0 unspecified atom stereocenters. The molecule has 1 aromatic heterocycles. The highest BCUT2D eigenvalue weighted by atomic mass is 35.5. The van der Waals surface area contributed by atoms with Crippen LogP contribution in [0, 0.1) is 5.92 Å². The van der Waals surface area contributed by atoms with Gasteiger partial charge in [0.15, 0.2) is 0 Å². The van der Waals surface area contributed by atoms with Crippen molar-refractivity contribution in [1.29, 1.82) is 0 Å². The zero-order valence-electron chi connectivity index (χ0n) is 12.5. The van der Waals surface area contributed by atoms with Crippen molar-refractivity contribution in [2.24, 2.45) is 5.92 Å².